The number of nitrogens with one attached hydrogen (secondary N) is 1. The van der Waals surface area contributed by atoms with Gasteiger partial charge in [0.05, 0.1) is 11.1 Å². The van der Waals surface area contributed by atoms with Crippen molar-refractivity contribution in [3.8, 4) is 0 Å². The van der Waals surface area contributed by atoms with E-state index in [4.69, 9.17) is 0 Å². The van der Waals surface area contributed by atoms with Gasteiger partial charge in [-0.05, 0) is 43.9 Å². The molecule has 0 bridgehead atoms. The van der Waals surface area contributed by atoms with Crippen LogP contribution in [0.2, 0.25) is 0 Å². The van der Waals surface area contributed by atoms with Gasteiger partial charge in [0.2, 0.25) is 5.95 Å². The van der Waals surface area contributed by atoms with Crippen molar-refractivity contribution in [2.75, 3.05) is 41.7 Å². The van der Waals surface area contributed by atoms with Crippen molar-refractivity contribution < 1.29 is 8.42 Å². The van der Waals surface area contributed by atoms with Gasteiger partial charge in [-0.1, -0.05) is 12.1 Å². The molecule has 26 heavy (non-hydrogen) atoms. The Hall–Kier alpha value is -2.35. The molecule has 1 aliphatic rings. The van der Waals surface area contributed by atoms with E-state index in [1.807, 2.05) is 27.1 Å². The lowest BCUT2D eigenvalue weighted by atomic mass is 10.1. The largest absolute Gasteiger partial charge is 0.361 e. The molecule has 2 heterocycles. The van der Waals surface area contributed by atoms with Gasteiger partial charge in [-0.3, -0.25) is 4.72 Å². The first-order chi connectivity index (χ1) is 12.4. The summed E-state index contributed by atoms with van der Waals surface area (Å²) in [7, 11) is -0.0197. The number of nitrogens with zero attached hydrogens (tertiary/aromatic N) is 4. The van der Waals surface area contributed by atoms with E-state index in [1.54, 1.807) is 29.3 Å². The highest BCUT2D eigenvalue weighted by Gasteiger charge is 2.21. The van der Waals surface area contributed by atoms with Gasteiger partial charge in [-0.2, -0.15) is 4.98 Å². The molecule has 0 aliphatic carbocycles. The molecule has 7 nitrogen and oxygen atoms in total. The summed E-state index contributed by atoms with van der Waals surface area (Å²) in [6.45, 7) is 3.73. The second-order valence-electron chi connectivity index (χ2n) is 6.77. The quantitative estimate of drug-likeness (QED) is 0.866. The van der Waals surface area contributed by atoms with E-state index in [0.717, 1.165) is 31.5 Å². The van der Waals surface area contributed by atoms with E-state index in [9.17, 15) is 8.42 Å². The first kappa shape index (κ1) is 18.4. The predicted molar refractivity (Wildman–Crippen MR) is 104 cm³/mol. The topological polar surface area (TPSA) is 78.4 Å². The van der Waals surface area contributed by atoms with E-state index in [0.29, 0.717) is 17.5 Å². The van der Waals surface area contributed by atoms with E-state index in [-0.39, 0.29) is 4.90 Å². The van der Waals surface area contributed by atoms with E-state index in [2.05, 4.69) is 19.6 Å². The number of aromatic nitrogens is 2. The van der Waals surface area contributed by atoms with Crippen LogP contribution in [0, 0.1) is 6.92 Å². The summed E-state index contributed by atoms with van der Waals surface area (Å²) < 4.78 is 28.1. The summed E-state index contributed by atoms with van der Waals surface area (Å²) >= 11 is 0. The van der Waals surface area contributed by atoms with Crippen molar-refractivity contribution in [2.24, 2.45) is 0 Å². The Morgan fingerprint density at radius 3 is 2.54 bits per heavy atom. The Balaban J connectivity index is 1.91. The molecule has 0 atom stereocenters. The predicted octanol–water partition coefficient (Wildman–Crippen LogP) is 2.64. The molecule has 0 radical (unpaired) electrons. The fourth-order valence-corrected chi connectivity index (χ4v) is 4.16. The van der Waals surface area contributed by atoms with Crippen LogP contribution in [0.25, 0.3) is 0 Å². The first-order valence-electron chi connectivity index (χ1n) is 8.75. The maximum absolute atomic E-state index is 12.7. The van der Waals surface area contributed by atoms with Gasteiger partial charge in [-0.25, -0.2) is 13.4 Å². The fraction of sp³-hybridized carbons (Fsp3) is 0.444. The summed E-state index contributed by atoms with van der Waals surface area (Å²) in [5.41, 5.74) is 1.26. The lowest BCUT2D eigenvalue weighted by Crippen LogP contribution is -2.31. The number of sulfonamides is 1. The molecule has 1 N–H and O–H groups in total. The van der Waals surface area contributed by atoms with E-state index in [1.165, 1.54) is 6.42 Å². The molecule has 1 fully saturated rings. The van der Waals surface area contributed by atoms with Gasteiger partial charge in [0.25, 0.3) is 10.0 Å². The van der Waals surface area contributed by atoms with Crippen LogP contribution in [0.4, 0.5) is 17.5 Å². The summed E-state index contributed by atoms with van der Waals surface area (Å²) in [6, 6.07) is 6.81. The maximum atomic E-state index is 12.7. The molecule has 140 valence electrons. The molecule has 0 spiro atoms. The molecule has 1 aliphatic heterocycles. The van der Waals surface area contributed by atoms with Gasteiger partial charge >= 0.3 is 0 Å². The zero-order valence-electron chi connectivity index (χ0n) is 15.4. The molecule has 0 unspecified atom stereocenters. The smallest absolute Gasteiger partial charge is 0.262 e. The lowest BCUT2D eigenvalue weighted by Gasteiger charge is -2.28. The van der Waals surface area contributed by atoms with Crippen LogP contribution >= 0.6 is 0 Å². The fourth-order valence-electron chi connectivity index (χ4n) is 3.01. The lowest BCUT2D eigenvalue weighted by molar-refractivity contribution is 0.568. The summed E-state index contributed by atoms with van der Waals surface area (Å²) in [4.78, 5) is 13.2. The van der Waals surface area contributed by atoms with Gasteiger partial charge in [0, 0.05) is 27.2 Å². The standard InChI is InChI=1S/C18H25N5O2S/c1-14-8-7-9-15(12-14)26(24,25)21-16-13-19-18(20-17(16)22(2)3)23-10-5-4-6-11-23/h7-9,12-13,21H,4-6,10-11H2,1-3H3. The number of hydrogen-bond acceptors (Lipinski definition) is 6. The Morgan fingerprint density at radius 1 is 1.15 bits per heavy atom. The molecule has 0 saturated carbocycles. The highest BCUT2D eigenvalue weighted by molar-refractivity contribution is 7.92. The van der Waals surface area contributed by atoms with Crippen LogP contribution in [-0.4, -0.2) is 45.6 Å². The van der Waals surface area contributed by atoms with Crippen LogP contribution in [0.5, 0.6) is 0 Å². The minimum absolute atomic E-state index is 0.224. The molecule has 1 aromatic carbocycles. The SMILES string of the molecule is Cc1cccc(S(=O)(=O)Nc2cnc(N3CCCCC3)nc2N(C)C)c1. The van der Waals surface area contributed by atoms with Crippen molar-refractivity contribution in [3.63, 3.8) is 0 Å². The minimum Gasteiger partial charge on any atom is -0.361 e. The Morgan fingerprint density at radius 2 is 1.88 bits per heavy atom. The van der Waals surface area contributed by atoms with Crippen molar-refractivity contribution in [1.29, 1.82) is 0 Å². The Labute approximate surface area is 155 Å². The minimum atomic E-state index is -3.70. The van der Waals surface area contributed by atoms with Crippen molar-refractivity contribution in [2.45, 2.75) is 31.1 Å². The Bertz CT molecular complexity index is 877. The van der Waals surface area contributed by atoms with E-state index < -0.39 is 10.0 Å². The van der Waals surface area contributed by atoms with Crippen molar-refractivity contribution in [1.82, 2.24) is 9.97 Å². The van der Waals surface area contributed by atoms with Gasteiger partial charge in [0.1, 0.15) is 5.69 Å². The number of piperidine rings is 1. The molecule has 3 rings (SSSR count). The van der Waals surface area contributed by atoms with Crippen LogP contribution in [0.1, 0.15) is 24.8 Å². The number of hydrogen-bond donors (Lipinski definition) is 1. The summed E-state index contributed by atoms with van der Waals surface area (Å²) in [6.07, 6.45) is 5.04. The molecular weight excluding hydrogens is 350 g/mol. The third-order valence-corrected chi connectivity index (χ3v) is 5.73. The summed E-state index contributed by atoms with van der Waals surface area (Å²) in [5.74, 6) is 1.20. The highest BCUT2D eigenvalue weighted by atomic mass is 32.2. The number of anilines is 3. The molecule has 1 aromatic heterocycles. The zero-order chi connectivity index (χ0) is 18.7. The van der Waals surface area contributed by atoms with Gasteiger partial charge in [-0.15, -0.1) is 0 Å². The molecular formula is C18H25N5O2S. The van der Waals surface area contributed by atoms with Crippen LogP contribution in [0.3, 0.4) is 0 Å². The second kappa shape index (κ2) is 7.49. The molecule has 1 saturated heterocycles. The van der Waals surface area contributed by atoms with Crippen molar-refractivity contribution >= 4 is 27.5 Å². The Kier molecular flexibility index (Phi) is 5.31. The van der Waals surface area contributed by atoms with Crippen LogP contribution < -0.4 is 14.5 Å². The number of benzene rings is 1. The molecule has 0 amide bonds. The average Bonchev–Trinajstić information content (AvgIpc) is 2.62. The maximum Gasteiger partial charge on any atom is 0.262 e. The summed E-state index contributed by atoms with van der Waals surface area (Å²) in [5, 5.41) is 0. The normalized spacial score (nSPS) is 15.0. The van der Waals surface area contributed by atoms with Crippen molar-refractivity contribution in [3.05, 3.63) is 36.0 Å². The van der Waals surface area contributed by atoms with Gasteiger partial charge < -0.3 is 9.80 Å². The molecule has 2 aromatic rings. The zero-order valence-corrected chi connectivity index (χ0v) is 16.3. The highest BCUT2D eigenvalue weighted by Crippen LogP contribution is 2.27. The monoisotopic (exact) mass is 375 g/mol. The van der Waals surface area contributed by atoms with Crippen LogP contribution in [-0.2, 0) is 10.0 Å². The van der Waals surface area contributed by atoms with Gasteiger partial charge in [0.15, 0.2) is 5.82 Å². The average molecular weight is 375 g/mol. The van der Waals surface area contributed by atoms with Crippen LogP contribution in [0.15, 0.2) is 35.4 Å². The third-order valence-electron chi connectivity index (χ3n) is 4.36. The third kappa shape index (κ3) is 4.07. The molecule has 8 heteroatoms. The second-order valence-corrected chi connectivity index (χ2v) is 8.45. The van der Waals surface area contributed by atoms with E-state index >= 15 is 0 Å². The number of aryl methyl sites for hydroxylation is 1. The first-order valence-corrected chi connectivity index (χ1v) is 10.2. The number of rotatable bonds is 5.